The van der Waals surface area contributed by atoms with E-state index in [4.69, 9.17) is 4.74 Å². The standard InChI is InChI=1S/C13H17BrN2O2/c1-15(2)8-10-3-5-11(6-4-10)16-9-12(7-14)18-13(16)17/h3-6,12H,7-9H2,1-2H3. The average molecular weight is 313 g/mol. The van der Waals surface area contributed by atoms with Crippen LogP contribution in [0.2, 0.25) is 0 Å². The van der Waals surface area contributed by atoms with E-state index < -0.39 is 0 Å². The third-order valence-corrected chi connectivity index (χ3v) is 3.52. The molecule has 4 nitrogen and oxygen atoms in total. The summed E-state index contributed by atoms with van der Waals surface area (Å²) in [5.41, 5.74) is 2.12. The molecule has 5 heteroatoms. The maximum Gasteiger partial charge on any atom is 0.414 e. The normalized spacial score (nSPS) is 19.4. The lowest BCUT2D eigenvalue weighted by Crippen LogP contribution is -2.24. The maximum atomic E-state index is 11.7. The van der Waals surface area contributed by atoms with Crippen LogP contribution < -0.4 is 4.90 Å². The second kappa shape index (κ2) is 5.71. The molecule has 0 saturated carbocycles. The summed E-state index contributed by atoms with van der Waals surface area (Å²) in [4.78, 5) is 15.5. The first-order chi connectivity index (χ1) is 8.60. The van der Waals surface area contributed by atoms with E-state index in [0.29, 0.717) is 11.9 Å². The predicted octanol–water partition coefficient (Wildman–Crippen LogP) is 2.47. The number of rotatable bonds is 4. The van der Waals surface area contributed by atoms with Gasteiger partial charge in [0, 0.05) is 17.6 Å². The van der Waals surface area contributed by atoms with Crippen molar-refractivity contribution in [3.63, 3.8) is 0 Å². The Balaban J connectivity index is 2.08. The first-order valence-electron chi connectivity index (χ1n) is 5.88. The van der Waals surface area contributed by atoms with Gasteiger partial charge < -0.3 is 9.64 Å². The molecule has 18 heavy (non-hydrogen) atoms. The number of carbonyl (C=O) groups excluding carboxylic acids is 1. The molecular weight excluding hydrogens is 296 g/mol. The van der Waals surface area contributed by atoms with E-state index >= 15 is 0 Å². The molecule has 1 amide bonds. The Morgan fingerprint density at radius 2 is 2.06 bits per heavy atom. The van der Waals surface area contributed by atoms with E-state index in [1.807, 2.05) is 38.4 Å². The van der Waals surface area contributed by atoms with Crippen molar-refractivity contribution in [1.82, 2.24) is 4.90 Å². The van der Waals surface area contributed by atoms with Crippen molar-refractivity contribution in [2.24, 2.45) is 0 Å². The molecule has 1 unspecified atom stereocenters. The van der Waals surface area contributed by atoms with Crippen LogP contribution >= 0.6 is 15.9 Å². The van der Waals surface area contributed by atoms with Crippen LogP contribution in [0.4, 0.5) is 10.5 Å². The van der Waals surface area contributed by atoms with Gasteiger partial charge in [-0.1, -0.05) is 28.1 Å². The predicted molar refractivity (Wildman–Crippen MR) is 75.2 cm³/mol. The van der Waals surface area contributed by atoms with Crippen LogP contribution in [0.15, 0.2) is 24.3 Å². The second-order valence-electron chi connectivity index (χ2n) is 4.67. The zero-order valence-corrected chi connectivity index (χ0v) is 12.2. The molecule has 0 aliphatic carbocycles. The van der Waals surface area contributed by atoms with Gasteiger partial charge >= 0.3 is 6.09 Å². The molecule has 0 aromatic heterocycles. The Labute approximate surface area is 116 Å². The zero-order valence-electron chi connectivity index (χ0n) is 10.6. The van der Waals surface area contributed by atoms with Crippen LogP contribution in [0.1, 0.15) is 5.56 Å². The Morgan fingerprint density at radius 3 is 2.56 bits per heavy atom. The number of carbonyl (C=O) groups is 1. The molecule has 0 radical (unpaired) electrons. The van der Waals surface area contributed by atoms with Gasteiger partial charge in [-0.15, -0.1) is 0 Å². The molecule has 2 rings (SSSR count). The topological polar surface area (TPSA) is 32.8 Å². The van der Waals surface area contributed by atoms with Crippen molar-refractivity contribution >= 4 is 27.7 Å². The highest BCUT2D eigenvalue weighted by Crippen LogP contribution is 2.22. The Kier molecular flexibility index (Phi) is 4.24. The highest BCUT2D eigenvalue weighted by atomic mass is 79.9. The molecule has 1 saturated heterocycles. The highest BCUT2D eigenvalue weighted by molar-refractivity contribution is 9.09. The summed E-state index contributed by atoms with van der Waals surface area (Å²) in [7, 11) is 4.07. The van der Waals surface area contributed by atoms with Crippen molar-refractivity contribution in [2.75, 3.05) is 30.9 Å². The average Bonchev–Trinajstić information content (AvgIpc) is 2.71. The minimum atomic E-state index is -0.264. The quantitative estimate of drug-likeness (QED) is 0.801. The molecule has 0 spiro atoms. The number of nitrogens with zero attached hydrogens (tertiary/aromatic N) is 2. The van der Waals surface area contributed by atoms with E-state index in [-0.39, 0.29) is 12.2 Å². The summed E-state index contributed by atoms with van der Waals surface area (Å²) in [5.74, 6) is 0. The number of benzene rings is 1. The summed E-state index contributed by atoms with van der Waals surface area (Å²) in [6.45, 7) is 1.51. The third kappa shape index (κ3) is 3.03. The number of hydrogen-bond acceptors (Lipinski definition) is 3. The van der Waals surface area contributed by atoms with Gasteiger partial charge in [0.25, 0.3) is 0 Å². The Morgan fingerprint density at radius 1 is 1.39 bits per heavy atom. The fraction of sp³-hybridized carbons (Fsp3) is 0.462. The number of hydrogen-bond donors (Lipinski definition) is 0. The van der Waals surface area contributed by atoms with E-state index in [1.54, 1.807) is 4.90 Å². The van der Waals surface area contributed by atoms with E-state index in [0.717, 1.165) is 12.2 Å². The van der Waals surface area contributed by atoms with Gasteiger partial charge in [-0.2, -0.15) is 0 Å². The molecule has 98 valence electrons. The van der Waals surface area contributed by atoms with Gasteiger partial charge in [-0.05, 0) is 31.8 Å². The van der Waals surface area contributed by atoms with Crippen LogP contribution in [0.25, 0.3) is 0 Å². The molecule has 0 bridgehead atoms. The lowest BCUT2D eigenvalue weighted by atomic mass is 10.2. The van der Waals surface area contributed by atoms with Gasteiger partial charge in [0.05, 0.1) is 6.54 Å². The van der Waals surface area contributed by atoms with Gasteiger partial charge in [-0.3, -0.25) is 4.90 Å². The fourth-order valence-electron chi connectivity index (χ4n) is 1.96. The summed E-state index contributed by atoms with van der Waals surface area (Å²) in [5, 5.41) is 0.675. The number of cyclic esters (lactones) is 1. The zero-order chi connectivity index (χ0) is 13.1. The smallest absolute Gasteiger partial charge is 0.414 e. The fourth-order valence-corrected chi connectivity index (χ4v) is 2.30. The second-order valence-corrected chi connectivity index (χ2v) is 5.32. The summed E-state index contributed by atoms with van der Waals surface area (Å²) in [6.07, 6.45) is -0.321. The molecule has 1 aromatic carbocycles. The highest BCUT2D eigenvalue weighted by Gasteiger charge is 2.31. The molecular formula is C13H17BrN2O2. The molecule has 1 aliphatic rings. The van der Waals surface area contributed by atoms with Crippen LogP contribution in [0.3, 0.4) is 0 Å². The van der Waals surface area contributed by atoms with Gasteiger partial charge in [0.1, 0.15) is 6.10 Å². The van der Waals surface area contributed by atoms with Crippen molar-refractivity contribution in [1.29, 1.82) is 0 Å². The first kappa shape index (κ1) is 13.4. The molecule has 1 atom stereocenters. The SMILES string of the molecule is CN(C)Cc1ccc(N2CC(CBr)OC2=O)cc1. The van der Waals surface area contributed by atoms with E-state index in [2.05, 4.69) is 20.8 Å². The lowest BCUT2D eigenvalue weighted by molar-refractivity contribution is 0.152. The summed E-state index contributed by atoms with van der Waals surface area (Å²) >= 11 is 3.33. The van der Waals surface area contributed by atoms with Crippen molar-refractivity contribution in [2.45, 2.75) is 12.6 Å². The Hall–Kier alpha value is -1.07. The molecule has 1 aliphatic heterocycles. The van der Waals surface area contributed by atoms with Gasteiger partial charge in [0.2, 0.25) is 0 Å². The van der Waals surface area contributed by atoms with Crippen LogP contribution in [-0.2, 0) is 11.3 Å². The summed E-state index contributed by atoms with van der Waals surface area (Å²) in [6, 6.07) is 8.03. The van der Waals surface area contributed by atoms with Crippen molar-refractivity contribution < 1.29 is 9.53 Å². The monoisotopic (exact) mass is 312 g/mol. The maximum absolute atomic E-state index is 11.7. The minimum absolute atomic E-state index is 0.0565. The van der Waals surface area contributed by atoms with Gasteiger partial charge in [0.15, 0.2) is 0 Å². The lowest BCUT2D eigenvalue weighted by Gasteiger charge is -2.14. The molecule has 1 heterocycles. The summed E-state index contributed by atoms with van der Waals surface area (Å²) < 4.78 is 5.20. The van der Waals surface area contributed by atoms with Crippen molar-refractivity contribution in [3.05, 3.63) is 29.8 Å². The Bertz CT molecular complexity index is 420. The van der Waals surface area contributed by atoms with E-state index in [1.165, 1.54) is 5.56 Å². The van der Waals surface area contributed by atoms with E-state index in [9.17, 15) is 4.79 Å². The number of anilines is 1. The molecule has 1 aromatic rings. The van der Waals surface area contributed by atoms with Gasteiger partial charge in [-0.25, -0.2) is 4.79 Å². The minimum Gasteiger partial charge on any atom is -0.443 e. The first-order valence-corrected chi connectivity index (χ1v) is 7.00. The third-order valence-electron chi connectivity index (χ3n) is 2.79. The molecule has 1 fully saturated rings. The molecule has 0 N–H and O–H groups in total. The number of amides is 1. The van der Waals surface area contributed by atoms with Crippen LogP contribution in [0.5, 0.6) is 0 Å². The van der Waals surface area contributed by atoms with Crippen LogP contribution in [-0.4, -0.2) is 43.1 Å². The number of ether oxygens (including phenoxy) is 1. The largest absolute Gasteiger partial charge is 0.443 e. The van der Waals surface area contributed by atoms with Crippen LogP contribution in [0, 0.1) is 0 Å². The number of halogens is 1. The number of alkyl halides is 1. The van der Waals surface area contributed by atoms with Crippen molar-refractivity contribution in [3.8, 4) is 0 Å².